The largest absolute Gasteiger partial charge is 0.472 e. The molecular formula is C84H164O17P2. The van der Waals surface area contributed by atoms with Crippen LogP contribution in [0.15, 0.2) is 0 Å². The normalized spacial score (nSPS) is 14.0. The zero-order chi connectivity index (χ0) is 76.0. The van der Waals surface area contributed by atoms with Gasteiger partial charge >= 0.3 is 39.5 Å². The smallest absolute Gasteiger partial charge is 0.462 e. The molecule has 0 amide bonds. The summed E-state index contributed by atoms with van der Waals surface area (Å²) in [4.78, 5) is 73.1. The van der Waals surface area contributed by atoms with E-state index in [4.69, 9.17) is 37.0 Å². The van der Waals surface area contributed by atoms with Crippen LogP contribution in [0.4, 0.5) is 0 Å². The SMILES string of the molecule is CC(C)CCCCCCCCCCCCCCCCCCC(=O)OC[C@H](COP(=O)(O)OCC(O)COP(=O)(O)OC[C@@H](COC(=O)CCCCCCCCCC(C)C)OC(=O)CCCCCCCCCCCCCCC(C)C)OC(=O)CCCCCCCCCCCCCCCCCCC(C)C. The Bertz CT molecular complexity index is 2010. The second-order valence-corrected chi connectivity index (χ2v) is 35.0. The molecule has 19 heteroatoms. The highest BCUT2D eigenvalue weighted by Crippen LogP contribution is 2.45. The summed E-state index contributed by atoms with van der Waals surface area (Å²) in [6, 6.07) is 0. The van der Waals surface area contributed by atoms with Crippen molar-refractivity contribution < 1.29 is 80.2 Å². The van der Waals surface area contributed by atoms with Crippen LogP contribution in [0.25, 0.3) is 0 Å². The van der Waals surface area contributed by atoms with Gasteiger partial charge in [-0.25, -0.2) is 9.13 Å². The first-order valence-corrected chi connectivity index (χ1v) is 46.2. The molecular weight excluding hydrogens is 1340 g/mol. The Morgan fingerprint density at radius 1 is 0.243 bits per heavy atom. The standard InChI is InChI=1S/C84H164O17P2/c1-74(2)60-52-44-36-29-23-17-13-9-11-15-19-26-32-40-48-56-64-81(86)94-70-79(100-83(88)66-58-50-41-33-27-20-16-12-10-14-18-24-30-37-45-53-61-75(3)4)72-98-102(90,91)96-68-78(85)69-97-103(92,93)99-73-80(71-95-82(87)65-57-49-43-35-39-47-55-63-77(7)8)101-84(89)67-59-51-42-34-28-22-21-25-31-38-46-54-62-76(5)6/h74-80,85H,9-73H2,1-8H3,(H,90,91)(H,92,93)/t78?,79-,80-/m1/s1. The molecule has 0 aliphatic rings. The molecule has 0 rings (SSSR count). The average molecular weight is 1510 g/mol. The summed E-state index contributed by atoms with van der Waals surface area (Å²) in [6.45, 7) is 14.3. The van der Waals surface area contributed by atoms with E-state index in [1.807, 2.05) is 0 Å². The number of hydrogen-bond acceptors (Lipinski definition) is 15. The van der Waals surface area contributed by atoms with Gasteiger partial charge in [-0.1, -0.05) is 383 Å². The van der Waals surface area contributed by atoms with E-state index >= 15 is 0 Å². The molecule has 0 radical (unpaired) electrons. The number of phosphoric acid groups is 2. The molecule has 0 saturated carbocycles. The quantitative estimate of drug-likeness (QED) is 0.0222. The highest BCUT2D eigenvalue weighted by molar-refractivity contribution is 7.47. The number of carbonyl (C=O) groups is 4. The predicted octanol–water partition coefficient (Wildman–Crippen LogP) is 25.2. The minimum absolute atomic E-state index is 0.106. The topological polar surface area (TPSA) is 237 Å². The van der Waals surface area contributed by atoms with Gasteiger partial charge in [0, 0.05) is 25.7 Å². The van der Waals surface area contributed by atoms with E-state index in [0.717, 1.165) is 114 Å². The van der Waals surface area contributed by atoms with Crippen molar-refractivity contribution >= 4 is 39.5 Å². The highest BCUT2D eigenvalue weighted by atomic mass is 31.2. The summed E-state index contributed by atoms with van der Waals surface area (Å²) < 4.78 is 68.8. The lowest BCUT2D eigenvalue weighted by Crippen LogP contribution is -2.30. The highest BCUT2D eigenvalue weighted by Gasteiger charge is 2.30. The number of aliphatic hydroxyl groups is 1. The Morgan fingerprint density at radius 3 is 0.602 bits per heavy atom. The first-order valence-electron chi connectivity index (χ1n) is 43.2. The van der Waals surface area contributed by atoms with Crippen molar-refractivity contribution in [2.75, 3.05) is 39.6 Å². The molecule has 5 atom stereocenters. The maximum Gasteiger partial charge on any atom is 0.472 e. The van der Waals surface area contributed by atoms with Crippen molar-refractivity contribution in [3.63, 3.8) is 0 Å². The van der Waals surface area contributed by atoms with Gasteiger partial charge in [0.15, 0.2) is 12.2 Å². The minimum atomic E-state index is -4.97. The van der Waals surface area contributed by atoms with Gasteiger partial charge in [-0.15, -0.1) is 0 Å². The third-order valence-corrected chi connectivity index (χ3v) is 21.5. The van der Waals surface area contributed by atoms with Crippen molar-refractivity contribution in [3.8, 4) is 0 Å². The summed E-state index contributed by atoms with van der Waals surface area (Å²) in [5, 5.41) is 10.7. The van der Waals surface area contributed by atoms with Crippen molar-refractivity contribution in [1.29, 1.82) is 0 Å². The van der Waals surface area contributed by atoms with Crippen LogP contribution in [0.5, 0.6) is 0 Å². The maximum atomic E-state index is 13.1. The van der Waals surface area contributed by atoms with Gasteiger partial charge < -0.3 is 33.8 Å². The second kappa shape index (κ2) is 72.9. The molecule has 0 aromatic rings. The fraction of sp³-hybridized carbons (Fsp3) is 0.952. The Labute approximate surface area is 632 Å². The molecule has 0 aliphatic heterocycles. The van der Waals surface area contributed by atoms with Gasteiger partial charge in [-0.2, -0.15) is 0 Å². The molecule has 0 aromatic heterocycles. The number of rotatable bonds is 81. The molecule has 612 valence electrons. The first-order chi connectivity index (χ1) is 49.6. The fourth-order valence-electron chi connectivity index (χ4n) is 13.0. The predicted molar refractivity (Wildman–Crippen MR) is 423 cm³/mol. The number of carbonyl (C=O) groups excluding carboxylic acids is 4. The van der Waals surface area contributed by atoms with E-state index in [1.54, 1.807) is 0 Å². The fourth-order valence-corrected chi connectivity index (χ4v) is 14.5. The molecule has 0 aliphatic carbocycles. The molecule has 3 unspecified atom stereocenters. The van der Waals surface area contributed by atoms with Crippen molar-refractivity contribution in [2.45, 2.75) is 453 Å². The molecule has 17 nitrogen and oxygen atoms in total. The van der Waals surface area contributed by atoms with Gasteiger partial charge in [-0.3, -0.25) is 37.3 Å². The van der Waals surface area contributed by atoms with E-state index in [0.29, 0.717) is 31.6 Å². The van der Waals surface area contributed by atoms with E-state index in [9.17, 15) is 43.2 Å². The van der Waals surface area contributed by atoms with Gasteiger partial charge in [0.1, 0.15) is 19.3 Å². The van der Waals surface area contributed by atoms with Crippen LogP contribution in [0.2, 0.25) is 0 Å². The van der Waals surface area contributed by atoms with Crippen LogP contribution in [-0.4, -0.2) is 96.7 Å². The number of esters is 4. The molecule has 0 heterocycles. The molecule has 0 spiro atoms. The summed E-state index contributed by atoms with van der Waals surface area (Å²) in [5.74, 6) is 0.993. The lowest BCUT2D eigenvalue weighted by molar-refractivity contribution is -0.161. The van der Waals surface area contributed by atoms with Gasteiger partial charge in [0.2, 0.25) is 0 Å². The van der Waals surface area contributed by atoms with Crippen LogP contribution in [0, 0.1) is 23.7 Å². The molecule has 3 N–H and O–H groups in total. The van der Waals surface area contributed by atoms with Gasteiger partial charge in [0.05, 0.1) is 26.4 Å². The lowest BCUT2D eigenvalue weighted by atomic mass is 10.0. The zero-order valence-electron chi connectivity index (χ0n) is 68.0. The van der Waals surface area contributed by atoms with Gasteiger partial charge in [-0.05, 0) is 49.4 Å². The van der Waals surface area contributed by atoms with E-state index in [2.05, 4.69) is 55.4 Å². The van der Waals surface area contributed by atoms with Crippen LogP contribution >= 0.6 is 15.6 Å². The van der Waals surface area contributed by atoms with Crippen molar-refractivity contribution in [1.82, 2.24) is 0 Å². The van der Waals surface area contributed by atoms with Crippen molar-refractivity contribution in [3.05, 3.63) is 0 Å². The third kappa shape index (κ3) is 78.0. The average Bonchev–Trinajstić information content (AvgIpc) is 0.915. The summed E-state index contributed by atoms with van der Waals surface area (Å²) >= 11 is 0. The van der Waals surface area contributed by atoms with E-state index in [-0.39, 0.29) is 25.7 Å². The molecule has 103 heavy (non-hydrogen) atoms. The third-order valence-electron chi connectivity index (χ3n) is 19.6. The molecule has 0 aromatic carbocycles. The van der Waals surface area contributed by atoms with Crippen molar-refractivity contribution in [2.24, 2.45) is 23.7 Å². The minimum Gasteiger partial charge on any atom is -0.462 e. The zero-order valence-corrected chi connectivity index (χ0v) is 69.7. The monoisotopic (exact) mass is 1510 g/mol. The summed E-state index contributed by atoms with van der Waals surface area (Å²) in [5.41, 5.74) is 0. The number of unbranched alkanes of at least 4 members (excludes halogenated alkanes) is 47. The first kappa shape index (κ1) is 101. The Balaban J connectivity index is 5.24. The van der Waals surface area contributed by atoms with Crippen LogP contribution in [0.3, 0.4) is 0 Å². The molecule has 0 saturated heterocycles. The van der Waals surface area contributed by atoms with Crippen LogP contribution in [-0.2, 0) is 65.4 Å². The van der Waals surface area contributed by atoms with E-state index in [1.165, 1.54) is 231 Å². The number of ether oxygens (including phenoxy) is 4. The van der Waals surface area contributed by atoms with Crippen LogP contribution < -0.4 is 0 Å². The Hall–Kier alpha value is -1.94. The van der Waals surface area contributed by atoms with Crippen LogP contribution in [0.1, 0.15) is 434 Å². The molecule has 0 bridgehead atoms. The Morgan fingerprint density at radius 2 is 0.408 bits per heavy atom. The molecule has 0 fully saturated rings. The maximum absolute atomic E-state index is 13.1. The summed E-state index contributed by atoms with van der Waals surface area (Å²) in [7, 11) is -9.93. The Kier molecular flexibility index (Phi) is 71.5. The van der Waals surface area contributed by atoms with Gasteiger partial charge in [0.25, 0.3) is 0 Å². The summed E-state index contributed by atoms with van der Waals surface area (Å²) in [6.07, 6.45) is 61.2. The number of phosphoric ester groups is 2. The number of aliphatic hydroxyl groups excluding tert-OH is 1. The lowest BCUT2D eigenvalue weighted by Gasteiger charge is -2.21. The number of hydrogen-bond donors (Lipinski definition) is 3. The van der Waals surface area contributed by atoms with E-state index < -0.39 is 97.5 Å². The second-order valence-electron chi connectivity index (χ2n) is 32.1.